The van der Waals surface area contributed by atoms with Gasteiger partial charge in [-0.05, 0) is 32.9 Å². The first-order valence-corrected chi connectivity index (χ1v) is 7.02. The lowest BCUT2D eigenvalue weighted by Gasteiger charge is -2.42. The standard InChI is InChI=1S/C15H23N3O2/c1-12-10-17(7-8-18(12)11-15(2,3)20)14(19)13-5-4-6-16-9-13/h4-6,9,12,20H,7-8,10-11H2,1-3H3/t12-/m1/s1. The maximum absolute atomic E-state index is 12.4. The third kappa shape index (κ3) is 3.77. The Kier molecular flexibility index (Phi) is 4.40. The van der Waals surface area contributed by atoms with Crippen molar-refractivity contribution in [3.8, 4) is 0 Å². The van der Waals surface area contributed by atoms with Crippen LogP contribution in [0.3, 0.4) is 0 Å². The summed E-state index contributed by atoms with van der Waals surface area (Å²) in [4.78, 5) is 20.4. The predicted octanol–water partition coefficient (Wildman–Crippen LogP) is 0.999. The lowest BCUT2D eigenvalue weighted by Crippen LogP contribution is -2.56. The van der Waals surface area contributed by atoms with Gasteiger partial charge in [-0.2, -0.15) is 0 Å². The smallest absolute Gasteiger partial charge is 0.255 e. The van der Waals surface area contributed by atoms with Crippen molar-refractivity contribution in [3.63, 3.8) is 0 Å². The highest BCUT2D eigenvalue weighted by Crippen LogP contribution is 2.15. The van der Waals surface area contributed by atoms with Crippen molar-refractivity contribution in [2.75, 3.05) is 26.2 Å². The molecular weight excluding hydrogens is 254 g/mol. The summed E-state index contributed by atoms with van der Waals surface area (Å²) in [6.07, 6.45) is 3.27. The van der Waals surface area contributed by atoms with Crippen LogP contribution in [-0.2, 0) is 0 Å². The number of aromatic nitrogens is 1. The van der Waals surface area contributed by atoms with Gasteiger partial charge in [0, 0.05) is 44.6 Å². The van der Waals surface area contributed by atoms with Crippen LogP contribution in [0.25, 0.3) is 0 Å². The topological polar surface area (TPSA) is 56.7 Å². The summed E-state index contributed by atoms with van der Waals surface area (Å²) >= 11 is 0. The molecule has 2 heterocycles. The van der Waals surface area contributed by atoms with Crippen molar-refractivity contribution >= 4 is 5.91 Å². The number of nitrogens with zero attached hydrogens (tertiary/aromatic N) is 3. The van der Waals surface area contributed by atoms with Gasteiger partial charge in [-0.25, -0.2) is 0 Å². The molecule has 1 atom stereocenters. The number of amides is 1. The van der Waals surface area contributed by atoms with Crippen LogP contribution in [0.5, 0.6) is 0 Å². The van der Waals surface area contributed by atoms with E-state index in [0.29, 0.717) is 25.2 Å². The van der Waals surface area contributed by atoms with Gasteiger partial charge in [0.1, 0.15) is 0 Å². The van der Waals surface area contributed by atoms with E-state index in [-0.39, 0.29) is 11.9 Å². The zero-order valence-corrected chi connectivity index (χ0v) is 12.4. The van der Waals surface area contributed by atoms with E-state index < -0.39 is 5.60 Å². The Labute approximate surface area is 120 Å². The van der Waals surface area contributed by atoms with E-state index in [9.17, 15) is 9.90 Å². The van der Waals surface area contributed by atoms with Crippen molar-refractivity contribution in [2.45, 2.75) is 32.4 Å². The number of carbonyl (C=O) groups is 1. The van der Waals surface area contributed by atoms with Crippen LogP contribution < -0.4 is 0 Å². The van der Waals surface area contributed by atoms with Crippen molar-refractivity contribution in [3.05, 3.63) is 30.1 Å². The number of piperazine rings is 1. The van der Waals surface area contributed by atoms with Gasteiger partial charge in [-0.1, -0.05) is 0 Å². The van der Waals surface area contributed by atoms with Crippen molar-refractivity contribution < 1.29 is 9.90 Å². The zero-order chi connectivity index (χ0) is 14.8. The Bertz CT molecular complexity index is 456. The summed E-state index contributed by atoms with van der Waals surface area (Å²) in [5.41, 5.74) is -0.0697. The second-order valence-corrected chi connectivity index (χ2v) is 6.12. The fraction of sp³-hybridized carbons (Fsp3) is 0.600. The van der Waals surface area contributed by atoms with Crippen molar-refractivity contribution in [1.82, 2.24) is 14.8 Å². The highest BCUT2D eigenvalue weighted by molar-refractivity contribution is 5.93. The number of carbonyl (C=O) groups excluding carboxylic acids is 1. The first-order valence-electron chi connectivity index (χ1n) is 7.02. The minimum absolute atomic E-state index is 0.0351. The molecule has 5 nitrogen and oxygen atoms in total. The molecule has 5 heteroatoms. The molecule has 1 aliphatic heterocycles. The summed E-state index contributed by atoms with van der Waals surface area (Å²) < 4.78 is 0. The largest absolute Gasteiger partial charge is 0.389 e. The van der Waals surface area contributed by atoms with Crippen LogP contribution >= 0.6 is 0 Å². The predicted molar refractivity (Wildman–Crippen MR) is 77.5 cm³/mol. The van der Waals surface area contributed by atoms with Gasteiger partial charge in [0.25, 0.3) is 5.91 Å². The van der Waals surface area contributed by atoms with Gasteiger partial charge in [0.15, 0.2) is 0 Å². The summed E-state index contributed by atoms with van der Waals surface area (Å²) in [6, 6.07) is 3.82. The zero-order valence-electron chi connectivity index (χ0n) is 12.4. The Morgan fingerprint density at radius 2 is 2.25 bits per heavy atom. The number of hydrogen-bond donors (Lipinski definition) is 1. The summed E-state index contributed by atoms with van der Waals surface area (Å²) in [5.74, 6) is 0.0351. The molecule has 1 aromatic rings. The molecule has 0 radical (unpaired) electrons. The molecule has 0 bridgehead atoms. The fourth-order valence-corrected chi connectivity index (χ4v) is 2.58. The van der Waals surface area contributed by atoms with E-state index in [4.69, 9.17) is 0 Å². The molecule has 1 N–H and O–H groups in total. The molecule has 0 spiro atoms. The average Bonchev–Trinajstić information content (AvgIpc) is 2.40. The molecule has 0 saturated carbocycles. The van der Waals surface area contributed by atoms with Crippen molar-refractivity contribution in [2.24, 2.45) is 0 Å². The molecule has 0 aliphatic carbocycles. The second-order valence-electron chi connectivity index (χ2n) is 6.12. The number of pyridine rings is 1. The lowest BCUT2D eigenvalue weighted by molar-refractivity contribution is -0.00144. The quantitative estimate of drug-likeness (QED) is 0.895. The van der Waals surface area contributed by atoms with Crippen LogP contribution in [0.2, 0.25) is 0 Å². The van der Waals surface area contributed by atoms with Crippen LogP contribution in [0.1, 0.15) is 31.1 Å². The average molecular weight is 277 g/mol. The van der Waals surface area contributed by atoms with E-state index in [1.807, 2.05) is 18.7 Å². The fourth-order valence-electron chi connectivity index (χ4n) is 2.58. The molecule has 20 heavy (non-hydrogen) atoms. The number of β-amino-alcohol motifs (C(OH)–C–C–N with tert-alkyl or cyclic N) is 1. The highest BCUT2D eigenvalue weighted by Gasteiger charge is 2.30. The molecular formula is C15H23N3O2. The Balaban J connectivity index is 1.97. The van der Waals surface area contributed by atoms with Gasteiger partial charge < -0.3 is 10.0 Å². The Hall–Kier alpha value is -1.46. The van der Waals surface area contributed by atoms with Crippen LogP contribution in [0.15, 0.2) is 24.5 Å². The van der Waals surface area contributed by atoms with Gasteiger partial charge >= 0.3 is 0 Å². The molecule has 2 rings (SSSR count). The van der Waals surface area contributed by atoms with Crippen LogP contribution in [0, 0.1) is 0 Å². The first-order chi connectivity index (χ1) is 9.37. The Morgan fingerprint density at radius 3 is 2.80 bits per heavy atom. The molecule has 0 aromatic carbocycles. The van der Waals surface area contributed by atoms with Gasteiger partial charge in [0.2, 0.25) is 0 Å². The minimum Gasteiger partial charge on any atom is -0.389 e. The SMILES string of the molecule is C[C@@H]1CN(C(=O)c2cccnc2)CCN1CC(C)(C)O. The number of aliphatic hydroxyl groups is 1. The maximum atomic E-state index is 12.4. The molecule has 1 saturated heterocycles. The third-order valence-electron chi connectivity index (χ3n) is 3.55. The van der Waals surface area contributed by atoms with Gasteiger partial charge in [-0.3, -0.25) is 14.7 Å². The summed E-state index contributed by atoms with van der Waals surface area (Å²) in [6.45, 7) is 8.51. The molecule has 0 unspecified atom stereocenters. The first kappa shape index (κ1) is 14.9. The van der Waals surface area contributed by atoms with Gasteiger partial charge in [0.05, 0.1) is 11.2 Å². The lowest BCUT2D eigenvalue weighted by atomic mass is 10.1. The highest BCUT2D eigenvalue weighted by atomic mass is 16.3. The molecule has 1 amide bonds. The van der Waals surface area contributed by atoms with E-state index in [2.05, 4.69) is 16.8 Å². The normalized spacial score (nSPS) is 21.0. The second kappa shape index (κ2) is 5.89. The van der Waals surface area contributed by atoms with E-state index in [1.54, 1.807) is 24.5 Å². The minimum atomic E-state index is -0.705. The number of rotatable bonds is 3. The van der Waals surface area contributed by atoms with Gasteiger partial charge in [-0.15, -0.1) is 0 Å². The Morgan fingerprint density at radius 1 is 1.50 bits per heavy atom. The molecule has 1 fully saturated rings. The van der Waals surface area contributed by atoms with E-state index >= 15 is 0 Å². The van der Waals surface area contributed by atoms with Crippen LogP contribution in [-0.4, -0.2) is 63.6 Å². The van der Waals surface area contributed by atoms with E-state index in [1.165, 1.54) is 0 Å². The van der Waals surface area contributed by atoms with Crippen molar-refractivity contribution in [1.29, 1.82) is 0 Å². The van der Waals surface area contributed by atoms with E-state index in [0.717, 1.165) is 6.54 Å². The van der Waals surface area contributed by atoms with Crippen LogP contribution in [0.4, 0.5) is 0 Å². The maximum Gasteiger partial charge on any atom is 0.255 e. The molecule has 1 aliphatic rings. The monoisotopic (exact) mass is 277 g/mol. The summed E-state index contributed by atoms with van der Waals surface area (Å²) in [7, 11) is 0. The summed E-state index contributed by atoms with van der Waals surface area (Å²) in [5, 5.41) is 9.91. The third-order valence-corrected chi connectivity index (χ3v) is 3.55. The molecule has 110 valence electrons. The number of hydrogen-bond acceptors (Lipinski definition) is 4. The molecule has 1 aromatic heterocycles.